The predicted octanol–water partition coefficient (Wildman–Crippen LogP) is 3.83. The summed E-state index contributed by atoms with van der Waals surface area (Å²) in [4.78, 5) is 24.1. The van der Waals surface area contributed by atoms with Crippen LogP contribution >= 0.6 is 0 Å². The van der Waals surface area contributed by atoms with Crippen LogP contribution in [-0.2, 0) is 11.4 Å². The number of amides is 1. The number of nitrogens with zero attached hydrogens (tertiary/aromatic N) is 3. The van der Waals surface area contributed by atoms with E-state index in [0.717, 1.165) is 5.69 Å². The maximum Gasteiger partial charge on any atom is 0.228 e. The van der Waals surface area contributed by atoms with E-state index in [-0.39, 0.29) is 5.91 Å². The van der Waals surface area contributed by atoms with Crippen molar-refractivity contribution in [3.63, 3.8) is 0 Å². The number of anilines is 1. The molecule has 4 aromatic rings. The lowest BCUT2D eigenvalue weighted by molar-refractivity contribution is -0.114. The highest BCUT2D eigenvalue weighted by molar-refractivity contribution is 5.87. The fraction of sp³-hybridized carbons (Fsp3) is 0.143. The maximum absolute atomic E-state index is 11.1. The van der Waals surface area contributed by atoms with Gasteiger partial charge in [0.1, 0.15) is 29.4 Å². The van der Waals surface area contributed by atoms with Crippen molar-refractivity contribution in [2.75, 3.05) is 12.4 Å². The minimum Gasteiger partial charge on any atom is -0.495 e. The Morgan fingerprint density at radius 1 is 1.07 bits per heavy atom. The van der Waals surface area contributed by atoms with E-state index in [1.54, 1.807) is 31.6 Å². The van der Waals surface area contributed by atoms with Gasteiger partial charge in [-0.2, -0.15) is 0 Å². The largest absolute Gasteiger partial charge is 0.495 e. The Bertz CT molecular complexity index is 1140. The van der Waals surface area contributed by atoms with Crippen LogP contribution in [0.2, 0.25) is 0 Å². The van der Waals surface area contributed by atoms with Crippen molar-refractivity contribution >= 4 is 22.8 Å². The molecule has 4 rings (SSSR count). The Morgan fingerprint density at radius 3 is 2.62 bits per heavy atom. The highest BCUT2D eigenvalue weighted by atomic mass is 16.5. The van der Waals surface area contributed by atoms with E-state index in [0.29, 0.717) is 46.5 Å². The first-order chi connectivity index (χ1) is 14.1. The first kappa shape index (κ1) is 18.4. The van der Waals surface area contributed by atoms with E-state index in [2.05, 4.69) is 20.3 Å². The summed E-state index contributed by atoms with van der Waals surface area (Å²) in [6.45, 7) is 1.76. The van der Waals surface area contributed by atoms with Crippen LogP contribution in [0.4, 0.5) is 5.82 Å². The van der Waals surface area contributed by atoms with Gasteiger partial charge in [-0.05, 0) is 36.4 Å². The lowest BCUT2D eigenvalue weighted by Gasteiger charge is -2.06. The molecular formula is C21H18N4O4. The fourth-order valence-electron chi connectivity index (χ4n) is 2.67. The number of benzene rings is 1. The summed E-state index contributed by atoms with van der Waals surface area (Å²) in [5.41, 5.74) is 2.81. The average Bonchev–Trinajstić information content (AvgIpc) is 3.16. The zero-order valence-corrected chi connectivity index (χ0v) is 15.9. The summed E-state index contributed by atoms with van der Waals surface area (Å²) in [6.07, 6.45) is 3.25. The number of carbonyl (C=O) groups is 1. The van der Waals surface area contributed by atoms with E-state index >= 15 is 0 Å². The topological polar surface area (TPSA) is 99.4 Å². The Labute approximate surface area is 166 Å². The maximum atomic E-state index is 11.1. The summed E-state index contributed by atoms with van der Waals surface area (Å²) >= 11 is 0. The second-order valence-corrected chi connectivity index (χ2v) is 6.24. The first-order valence-corrected chi connectivity index (χ1v) is 8.87. The molecule has 3 heterocycles. The number of hydrogen-bond acceptors (Lipinski definition) is 7. The van der Waals surface area contributed by atoms with Gasteiger partial charge >= 0.3 is 0 Å². The molecule has 29 heavy (non-hydrogen) atoms. The number of pyridine rings is 2. The van der Waals surface area contributed by atoms with Gasteiger partial charge in [0, 0.05) is 19.2 Å². The Hall–Kier alpha value is -3.94. The molecule has 0 radical (unpaired) electrons. The molecule has 3 aromatic heterocycles. The van der Waals surface area contributed by atoms with Gasteiger partial charge in [-0.3, -0.25) is 9.78 Å². The highest BCUT2D eigenvalue weighted by Crippen LogP contribution is 2.27. The van der Waals surface area contributed by atoms with Gasteiger partial charge in [0.15, 0.2) is 5.58 Å². The quantitative estimate of drug-likeness (QED) is 0.534. The molecule has 0 unspecified atom stereocenters. The second-order valence-electron chi connectivity index (χ2n) is 6.24. The normalized spacial score (nSPS) is 10.7. The number of carbonyl (C=O) groups excluding carboxylic acids is 1. The molecule has 0 aliphatic heterocycles. The van der Waals surface area contributed by atoms with Crippen molar-refractivity contribution in [3.8, 4) is 23.0 Å². The van der Waals surface area contributed by atoms with Crippen LogP contribution in [0.15, 0.2) is 59.3 Å². The van der Waals surface area contributed by atoms with E-state index in [9.17, 15) is 4.79 Å². The number of ether oxygens (including phenoxy) is 2. The minimum atomic E-state index is -0.176. The Kier molecular flexibility index (Phi) is 5.07. The van der Waals surface area contributed by atoms with Crippen LogP contribution < -0.4 is 14.8 Å². The number of hydrogen-bond donors (Lipinski definition) is 1. The minimum absolute atomic E-state index is 0.176. The Balaban J connectivity index is 1.49. The number of rotatable bonds is 6. The van der Waals surface area contributed by atoms with E-state index in [1.165, 1.54) is 6.92 Å². The SMILES string of the molecule is COc1ccc(COc2ccc3oc(-c4ccc(NC(C)=O)nc4)nc3c2)nc1. The van der Waals surface area contributed by atoms with Gasteiger partial charge in [-0.15, -0.1) is 0 Å². The smallest absolute Gasteiger partial charge is 0.228 e. The van der Waals surface area contributed by atoms with Crippen LogP contribution in [-0.4, -0.2) is 28.0 Å². The molecule has 0 saturated heterocycles. The summed E-state index contributed by atoms with van der Waals surface area (Å²) in [5, 5.41) is 2.62. The van der Waals surface area contributed by atoms with Crippen molar-refractivity contribution < 1.29 is 18.7 Å². The lowest BCUT2D eigenvalue weighted by Crippen LogP contribution is -2.06. The number of fused-ring (bicyclic) bond motifs is 1. The molecule has 0 saturated carbocycles. The van der Waals surface area contributed by atoms with Crippen LogP contribution in [0.3, 0.4) is 0 Å². The van der Waals surface area contributed by atoms with Gasteiger partial charge in [0.25, 0.3) is 0 Å². The summed E-state index contributed by atoms with van der Waals surface area (Å²) in [5.74, 6) is 2.10. The number of oxazole rings is 1. The van der Waals surface area contributed by atoms with Gasteiger partial charge in [0.2, 0.25) is 11.8 Å². The van der Waals surface area contributed by atoms with Gasteiger partial charge in [0.05, 0.1) is 24.6 Å². The zero-order valence-electron chi connectivity index (χ0n) is 15.9. The zero-order chi connectivity index (χ0) is 20.2. The third-order valence-electron chi connectivity index (χ3n) is 4.09. The van der Waals surface area contributed by atoms with E-state index < -0.39 is 0 Å². The molecule has 0 bridgehead atoms. The molecule has 1 N–H and O–H groups in total. The summed E-state index contributed by atoms with van der Waals surface area (Å²) in [6, 6.07) is 12.6. The number of methoxy groups -OCH3 is 1. The molecular weight excluding hydrogens is 372 g/mol. The monoisotopic (exact) mass is 390 g/mol. The molecule has 8 nitrogen and oxygen atoms in total. The molecule has 0 aliphatic carbocycles. The number of nitrogens with one attached hydrogen (secondary N) is 1. The van der Waals surface area contributed by atoms with Crippen LogP contribution in [0.25, 0.3) is 22.6 Å². The molecule has 1 aromatic carbocycles. The highest BCUT2D eigenvalue weighted by Gasteiger charge is 2.10. The summed E-state index contributed by atoms with van der Waals surface area (Å²) in [7, 11) is 1.60. The molecule has 0 spiro atoms. The second kappa shape index (κ2) is 7.97. The Morgan fingerprint density at radius 2 is 1.93 bits per heavy atom. The van der Waals surface area contributed by atoms with Crippen molar-refractivity contribution in [2.45, 2.75) is 13.5 Å². The summed E-state index contributed by atoms with van der Waals surface area (Å²) < 4.78 is 16.7. The van der Waals surface area contributed by atoms with Crippen LogP contribution in [0.1, 0.15) is 12.6 Å². The van der Waals surface area contributed by atoms with E-state index in [1.807, 2.05) is 30.3 Å². The molecule has 0 aliphatic rings. The molecule has 146 valence electrons. The van der Waals surface area contributed by atoms with Gasteiger partial charge in [-0.25, -0.2) is 9.97 Å². The van der Waals surface area contributed by atoms with Crippen LogP contribution in [0.5, 0.6) is 11.5 Å². The van der Waals surface area contributed by atoms with Gasteiger partial charge < -0.3 is 19.2 Å². The molecule has 8 heteroatoms. The van der Waals surface area contributed by atoms with Crippen molar-refractivity contribution in [1.82, 2.24) is 15.0 Å². The average molecular weight is 390 g/mol. The molecule has 1 amide bonds. The number of aromatic nitrogens is 3. The van der Waals surface area contributed by atoms with Crippen molar-refractivity contribution in [2.24, 2.45) is 0 Å². The fourth-order valence-corrected chi connectivity index (χ4v) is 2.67. The third-order valence-corrected chi connectivity index (χ3v) is 4.09. The van der Waals surface area contributed by atoms with E-state index in [4.69, 9.17) is 13.9 Å². The first-order valence-electron chi connectivity index (χ1n) is 8.87. The van der Waals surface area contributed by atoms with Crippen LogP contribution in [0, 0.1) is 0 Å². The predicted molar refractivity (Wildman–Crippen MR) is 107 cm³/mol. The third kappa shape index (κ3) is 4.32. The van der Waals surface area contributed by atoms with Gasteiger partial charge in [-0.1, -0.05) is 0 Å². The van der Waals surface area contributed by atoms with Crippen molar-refractivity contribution in [3.05, 3.63) is 60.6 Å². The molecule has 0 fully saturated rings. The van der Waals surface area contributed by atoms with Crippen molar-refractivity contribution in [1.29, 1.82) is 0 Å². The standard InChI is InChI=1S/C21H18N4O4/c1-13(26)24-20-8-3-14(10-23-20)21-25-18-9-16(6-7-19(18)29-21)28-12-15-4-5-17(27-2)11-22-15/h3-11H,12H2,1-2H3,(H,23,24,26). The lowest BCUT2D eigenvalue weighted by atomic mass is 10.3. The molecule has 0 atom stereocenters.